The Labute approximate surface area is 324 Å². The van der Waals surface area contributed by atoms with E-state index < -0.39 is 98.9 Å². The number of alkyl carbamates (subject to hydrolysis) is 1. The Bertz CT molecular complexity index is 1900. The van der Waals surface area contributed by atoms with Gasteiger partial charge in [-0.1, -0.05) is 18.2 Å². The van der Waals surface area contributed by atoms with Gasteiger partial charge in [-0.05, 0) is 51.7 Å². The van der Waals surface area contributed by atoms with Gasteiger partial charge in [-0.15, -0.1) is 6.58 Å². The van der Waals surface area contributed by atoms with Crippen molar-refractivity contribution < 1.29 is 55.8 Å². The minimum absolute atomic E-state index is 0.0238. The molecule has 6 atom stereocenters. The summed E-state index contributed by atoms with van der Waals surface area (Å²) in [7, 11) is -2.58. The standard InChI is InChI=1S/C37H49FN6O11S/c1-6-22-15-37(22,34(49)41-56(51,52)24-10-11-24)40-31(46)28-14-23(53-20-43-16-21-8-7-9-26(38)25(21)18-43)17-44(28)32(47)27(39-35(50)55-36(2,3)4)19-42(5)33(48)29-12-13-30(45)54-29/h6-9,22-24,27-29H,1,10-20H2,2-5H3,(H,39,50)(H,40,46)(H,41,49). The Balaban J connectivity index is 1.23. The van der Waals surface area contributed by atoms with Gasteiger partial charge in [0.2, 0.25) is 21.8 Å². The van der Waals surface area contributed by atoms with Gasteiger partial charge >= 0.3 is 12.1 Å². The molecule has 4 fully saturated rings. The minimum atomic E-state index is -3.96. The molecule has 17 nitrogen and oxygen atoms in total. The number of hydrogen-bond donors (Lipinski definition) is 3. The second-order valence-corrected chi connectivity index (χ2v) is 18.1. The molecule has 0 bridgehead atoms. The first-order valence-corrected chi connectivity index (χ1v) is 20.2. The summed E-state index contributed by atoms with van der Waals surface area (Å²) in [6.45, 7) is 8.77. The molecule has 6 rings (SSSR count). The van der Waals surface area contributed by atoms with E-state index in [1.807, 2.05) is 11.0 Å². The van der Waals surface area contributed by atoms with Crippen LogP contribution >= 0.6 is 0 Å². The number of carbonyl (C=O) groups excluding carboxylic acids is 6. The number of benzene rings is 1. The number of likely N-dealkylation sites (N-methyl/N-ethyl adjacent to an activating group) is 1. The first-order chi connectivity index (χ1) is 26.3. The van der Waals surface area contributed by atoms with Crippen molar-refractivity contribution in [2.75, 3.05) is 26.9 Å². The van der Waals surface area contributed by atoms with Crippen molar-refractivity contribution in [2.24, 2.45) is 5.92 Å². The molecule has 3 N–H and O–H groups in total. The number of sulfonamides is 1. The van der Waals surface area contributed by atoms with Gasteiger partial charge in [-0.25, -0.2) is 17.6 Å². The quantitative estimate of drug-likeness (QED) is 0.176. The molecule has 5 aliphatic rings. The van der Waals surface area contributed by atoms with Crippen molar-refractivity contribution in [3.63, 3.8) is 0 Å². The van der Waals surface area contributed by atoms with Gasteiger partial charge in [0.25, 0.3) is 11.8 Å². The summed E-state index contributed by atoms with van der Waals surface area (Å²) in [4.78, 5) is 84.5. The van der Waals surface area contributed by atoms with Gasteiger partial charge in [0.15, 0.2) is 6.10 Å². The molecular formula is C37H49FN6O11S. The highest BCUT2D eigenvalue weighted by Gasteiger charge is 2.62. The van der Waals surface area contributed by atoms with E-state index >= 15 is 0 Å². The van der Waals surface area contributed by atoms with Crippen molar-refractivity contribution in [2.45, 2.75) is 113 Å². The van der Waals surface area contributed by atoms with E-state index in [1.54, 1.807) is 26.8 Å². The molecule has 0 radical (unpaired) electrons. The number of hydrogen-bond acceptors (Lipinski definition) is 12. The largest absolute Gasteiger partial charge is 0.452 e. The maximum Gasteiger partial charge on any atom is 0.408 e. The molecule has 2 aliphatic carbocycles. The average molecular weight is 805 g/mol. The zero-order valence-corrected chi connectivity index (χ0v) is 32.7. The monoisotopic (exact) mass is 804 g/mol. The minimum Gasteiger partial charge on any atom is -0.452 e. The topological polar surface area (TPSA) is 210 Å². The van der Waals surface area contributed by atoms with Crippen molar-refractivity contribution >= 4 is 45.7 Å². The Morgan fingerprint density at radius 1 is 1.16 bits per heavy atom. The predicted molar refractivity (Wildman–Crippen MR) is 195 cm³/mol. The number of nitrogens with one attached hydrogen (secondary N) is 3. The van der Waals surface area contributed by atoms with Gasteiger partial charge in [-0.3, -0.25) is 33.6 Å². The summed E-state index contributed by atoms with van der Waals surface area (Å²) >= 11 is 0. The molecule has 3 heterocycles. The van der Waals surface area contributed by atoms with Crippen LogP contribution in [0, 0.1) is 11.7 Å². The number of likely N-dealkylation sites (tertiary alicyclic amines) is 1. The number of ether oxygens (including phenoxy) is 3. The van der Waals surface area contributed by atoms with Gasteiger partial charge in [0.1, 0.15) is 35.8 Å². The Kier molecular flexibility index (Phi) is 11.5. The van der Waals surface area contributed by atoms with E-state index in [0.717, 1.165) is 10.5 Å². The zero-order chi connectivity index (χ0) is 40.7. The number of carbonyl (C=O) groups is 6. The van der Waals surface area contributed by atoms with Crippen LogP contribution in [0.5, 0.6) is 0 Å². The Hall–Kier alpha value is -4.62. The second-order valence-electron chi connectivity index (χ2n) is 16.1. The van der Waals surface area contributed by atoms with Gasteiger partial charge in [0, 0.05) is 64.0 Å². The molecule has 306 valence electrons. The third-order valence-corrected chi connectivity index (χ3v) is 12.4. The van der Waals surface area contributed by atoms with Crippen LogP contribution in [0.3, 0.4) is 0 Å². The van der Waals surface area contributed by atoms with Crippen molar-refractivity contribution in [1.29, 1.82) is 0 Å². The molecule has 3 aliphatic heterocycles. The number of esters is 1. The maximum atomic E-state index is 14.6. The molecule has 5 amide bonds. The van der Waals surface area contributed by atoms with Crippen LogP contribution in [0.1, 0.15) is 70.4 Å². The van der Waals surface area contributed by atoms with E-state index in [1.165, 1.54) is 24.1 Å². The molecule has 2 saturated heterocycles. The Morgan fingerprint density at radius 2 is 1.89 bits per heavy atom. The summed E-state index contributed by atoms with van der Waals surface area (Å²) in [6, 6.07) is 2.08. The molecular weight excluding hydrogens is 756 g/mol. The van der Waals surface area contributed by atoms with E-state index in [-0.39, 0.29) is 51.3 Å². The van der Waals surface area contributed by atoms with E-state index in [2.05, 4.69) is 21.9 Å². The predicted octanol–water partition coefficient (Wildman–Crippen LogP) is 0.812. The number of fused-ring (bicyclic) bond motifs is 1. The van der Waals surface area contributed by atoms with Gasteiger partial charge < -0.3 is 34.6 Å². The highest BCUT2D eigenvalue weighted by Crippen LogP contribution is 2.45. The molecule has 2 saturated carbocycles. The average Bonchev–Trinajstić information content (AvgIpc) is 3.94. The fraction of sp³-hybridized carbons (Fsp3) is 0.622. The number of nitrogens with zero attached hydrogens (tertiary/aromatic N) is 3. The van der Waals surface area contributed by atoms with Crippen LogP contribution in [0.4, 0.5) is 9.18 Å². The van der Waals surface area contributed by atoms with E-state index in [4.69, 9.17) is 14.2 Å². The lowest BCUT2D eigenvalue weighted by Crippen LogP contribution is -2.60. The molecule has 0 aromatic heterocycles. The summed E-state index contributed by atoms with van der Waals surface area (Å²) in [6.07, 6.45) is -0.322. The summed E-state index contributed by atoms with van der Waals surface area (Å²) in [5.74, 6) is -4.54. The van der Waals surface area contributed by atoms with Gasteiger partial charge in [-0.2, -0.15) is 0 Å². The van der Waals surface area contributed by atoms with Crippen LogP contribution in [-0.4, -0.2) is 126 Å². The van der Waals surface area contributed by atoms with Crippen molar-refractivity contribution in [3.8, 4) is 0 Å². The van der Waals surface area contributed by atoms with Crippen LogP contribution in [0.25, 0.3) is 0 Å². The lowest BCUT2D eigenvalue weighted by Gasteiger charge is -2.32. The third-order valence-electron chi connectivity index (χ3n) is 10.6. The normalized spacial score (nSPS) is 26.4. The highest BCUT2D eigenvalue weighted by molar-refractivity contribution is 7.91. The number of cyclic esters (lactones) is 1. The zero-order valence-electron chi connectivity index (χ0n) is 31.9. The number of rotatable bonds is 14. The fourth-order valence-corrected chi connectivity index (χ4v) is 8.69. The smallest absolute Gasteiger partial charge is 0.408 e. The van der Waals surface area contributed by atoms with Crippen LogP contribution in [0.2, 0.25) is 0 Å². The van der Waals surface area contributed by atoms with Crippen LogP contribution in [0.15, 0.2) is 30.9 Å². The summed E-state index contributed by atoms with van der Waals surface area (Å²) in [5.41, 5.74) is -1.24. The lowest BCUT2D eigenvalue weighted by atomic mass is 10.1. The lowest BCUT2D eigenvalue weighted by molar-refractivity contribution is -0.153. The molecule has 19 heteroatoms. The van der Waals surface area contributed by atoms with Crippen molar-refractivity contribution in [1.82, 2.24) is 30.1 Å². The highest BCUT2D eigenvalue weighted by atomic mass is 32.2. The fourth-order valence-electron chi connectivity index (χ4n) is 7.32. The maximum absolute atomic E-state index is 14.6. The summed E-state index contributed by atoms with van der Waals surface area (Å²) < 4.78 is 58.7. The molecule has 1 aromatic rings. The van der Waals surface area contributed by atoms with E-state index in [0.29, 0.717) is 24.9 Å². The summed E-state index contributed by atoms with van der Waals surface area (Å²) in [5, 5.41) is 4.54. The molecule has 6 unspecified atom stereocenters. The van der Waals surface area contributed by atoms with Crippen LogP contribution < -0.4 is 15.4 Å². The first-order valence-electron chi connectivity index (χ1n) is 18.7. The molecule has 0 spiro atoms. The SMILES string of the molecule is C=CC1CC1(NC(=O)C1CC(OCN2Cc3cccc(F)c3C2)CN1C(=O)C(CN(C)C(=O)C1CCC(=O)O1)NC(=O)OC(C)(C)C)C(=O)NS(=O)(=O)C1CC1. The van der Waals surface area contributed by atoms with Crippen molar-refractivity contribution in [3.05, 3.63) is 47.8 Å². The number of halogens is 1. The third kappa shape index (κ3) is 9.15. The molecule has 56 heavy (non-hydrogen) atoms. The second kappa shape index (κ2) is 15.7. The first kappa shape index (κ1) is 41.0. The Morgan fingerprint density at radius 3 is 2.50 bits per heavy atom. The van der Waals surface area contributed by atoms with E-state index in [9.17, 15) is 41.6 Å². The molecule has 1 aromatic carbocycles. The van der Waals surface area contributed by atoms with Gasteiger partial charge in [0.05, 0.1) is 11.4 Å². The van der Waals surface area contributed by atoms with Crippen LogP contribution in [-0.2, 0) is 61.3 Å². The number of amides is 5.